The maximum atomic E-state index is 12.3. The molecule has 1 saturated heterocycles. The van der Waals surface area contributed by atoms with Crippen molar-refractivity contribution in [2.75, 3.05) is 6.61 Å². The molecular formula is C17H26N2O2. The minimum absolute atomic E-state index is 0.214. The van der Waals surface area contributed by atoms with E-state index in [1.807, 2.05) is 37.3 Å². The van der Waals surface area contributed by atoms with E-state index >= 15 is 0 Å². The number of nitrogens with one attached hydrogen (secondary N) is 1. The zero-order valence-electron chi connectivity index (χ0n) is 13.2. The monoisotopic (exact) mass is 290 g/mol. The van der Waals surface area contributed by atoms with Crippen molar-refractivity contribution in [3.63, 3.8) is 0 Å². The maximum Gasteiger partial charge on any atom is 0.329 e. The second-order valence-electron chi connectivity index (χ2n) is 5.76. The van der Waals surface area contributed by atoms with E-state index < -0.39 is 6.04 Å². The van der Waals surface area contributed by atoms with Gasteiger partial charge in [0.1, 0.15) is 6.04 Å². The SMILES string of the molecule is CCOC(=O)C(NN1C(C)CCCC1C)c1ccccc1. The molecule has 0 aliphatic carbocycles. The van der Waals surface area contributed by atoms with Crippen LogP contribution in [0.4, 0.5) is 0 Å². The molecule has 1 aromatic carbocycles. The Morgan fingerprint density at radius 1 is 1.29 bits per heavy atom. The van der Waals surface area contributed by atoms with Crippen LogP contribution in [-0.4, -0.2) is 29.7 Å². The topological polar surface area (TPSA) is 41.6 Å². The molecule has 1 fully saturated rings. The van der Waals surface area contributed by atoms with Crippen molar-refractivity contribution in [1.82, 2.24) is 10.4 Å². The van der Waals surface area contributed by atoms with Crippen LogP contribution in [-0.2, 0) is 9.53 Å². The fourth-order valence-electron chi connectivity index (χ4n) is 2.96. The standard InChI is InChI=1S/C17H26N2O2/c1-4-21-17(20)16(15-11-6-5-7-12-15)18-19-13(2)9-8-10-14(19)3/h5-7,11-14,16,18H,4,8-10H2,1-3H3. The highest BCUT2D eigenvalue weighted by Crippen LogP contribution is 2.24. The van der Waals surface area contributed by atoms with Gasteiger partial charge in [-0.3, -0.25) is 0 Å². The number of benzene rings is 1. The Labute approximate surface area is 127 Å². The van der Waals surface area contributed by atoms with Gasteiger partial charge in [0.25, 0.3) is 0 Å². The molecule has 1 aromatic rings. The Hall–Kier alpha value is -1.39. The van der Waals surface area contributed by atoms with Crippen LogP contribution in [0.15, 0.2) is 30.3 Å². The van der Waals surface area contributed by atoms with Gasteiger partial charge in [-0.05, 0) is 39.2 Å². The highest BCUT2D eigenvalue weighted by atomic mass is 16.5. The predicted molar refractivity (Wildman–Crippen MR) is 83.6 cm³/mol. The average Bonchev–Trinajstić information content (AvgIpc) is 2.48. The lowest BCUT2D eigenvalue weighted by Gasteiger charge is -2.40. The first kappa shape index (κ1) is 16.0. The van der Waals surface area contributed by atoms with E-state index in [1.165, 1.54) is 6.42 Å². The van der Waals surface area contributed by atoms with Gasteiger partial charge in [0.05, 0.1) is 6.61 Å². The van der Waals surface area contributed by atoms with Crippen LogP contribution >= 0.6 is 0 Å². The lowest BCUT2D eigenvalue weighted by Crippen LogP contribution is -2.54. The number of rotatable bonds is 5. The van der Waals surface area contributed by atoms with Gasteiger partial charge in [-0.25, -0.2) is 15.2 Å². The van der Waals surface area contributed by atoms with Crippen LogP contribution in [0.3, 0.4) is 0 Å². The van der Waals surface area contributed by atoms with E-state index in [0.717, 1.165) is 18.4 Å². The summed E-state index contributed by atoms with van der Waals surface area (Å²) in [7, 11) is 0. The van der Waals surface area contributed by atoms with Crippen molar-refractivity contribution in [3.8, 4) is 0 Å². The smallest absolute Gasteiger partial charge is 0.329 e. The molecule has 0 aromatic heterocycles. The minimum Gasteiger partial charge on any atom is -0.465 e. The molecule has 0 radical (unpaired) electrons. The molecule has 1 aliphatic rings. The van der Waals surface area contributed by atoms with Crippen LogP contribution < -0.4 is 5.43 Å². The highest BCUT2D eigenvalue weighted by Gasteiger charge is 2.30. The quantitative estimate of drug-likeness (QED) is 0.846. The normalized spacial score (nSPS) is 24.5. The number of esters is 1. The zero-order valence-corrected chi connectivity index (χ0v) is 13.2. The summed E-state index contributed by atoms with van der Waals surface area (Å²) in [5, 5.41) is 2.22. The summed E-state index contributed by atoms with van der Waals surface area (Å²) in [5.41, 5.74) is 4.36. The highest BCUT2D eigenvalue weighted by molar-refractivity contribution is 5.77. The first-order valence-corrected chi connectivity index (χ1v) is 7.89. The molecule has 0 bridgehead atoms. The number of nitrogens with zero attached hydrogens (tertiary/aromatic N) is 1. The zero-order chi connectivity index (χ0) is 15.2. The van der Waals surface area contributed by atoms with Crippen molar-refractivity contribution in [1.29, 1.82) is 0 Å². The summed E-state index contributed by atoms with van der Waals surface area (Å²) in [6.45, 7) is 6.65. The molecule has 3 unspecified atom stereocenters. The summed E-state index contributed by atoms with van der Waals surface area (Å²) in [6, 6.07) is 10.2. The van der Waals surface area contributed by atoms with Gasteiger partial charge in [-0.2, -0.15) is 0 Å². The Bertz CT molecular complexity index is 439. The molecule has 4 heteroatoms. The number of hydrogen-bond donors (Lipinski definition) is 1. The molecule has 0 saturated carbocycles. The summed E-state index contributed by atoms with van der Waals surface area (Å²) < 4.78 is 5.24. The van der Waals surface area contributed by atoms with E-state index in [4.69, 9.17) is 4.74 Å². The van der Waals surface area contributed by atoms with Crippen molar-refractivity contribution >= 4 is 5.97 Å². The maximum absolute atomic E-state index is 12.3. The molecule has 116 valence electrons. The summed E-state index contributed by atoms with van der Waals surface area (Å²) in [6.07, 6.45) is 3.55. The molecule has 1 N–H and O–H groups in total. The third-order valence-corrected chi connectivity index (χ3v) is 4.13. The van der Waals surface area contributed by atoms with Gasteiger partial charge >= 0.3 is 5.97 Å². The third-order valence-electron chi connectivity index (χ3n) is 4.13. The van der Waals surface area contributed by atoms with Gasteiger partial charge in [-0.1, -0.05) is 36.8 Å². The van der Waals surface area contributed by atoms with Gasteiger partial charge in [0.15, 0.2) is 0 Å². The van der Waals surface area contributed by atoms with Crippen molar-refractivity contribution in [2.45, 2.75) is 58.2 Å². The largest absolute Gasteiger partial charge is 0.465 e. The van der Waals surface area contributed by atoms with Gasteiger partial charge < -0.3 is 4.74 Å². The molecule has 1 aliphatic heterocycles. The number of carbonyl (C=O) groups excluding carboxylic acids is 1. The van der Waals surface area contributed by atoms with E-state index in [-0.39, 0.29) is 5.97 Å². The Morgan fingerprint density at radius 3 is 2.48 bits per heavy atom. The third kappa shape index (κ3) is 4.05. The van der Waals surface area contributed by atoms with E-state index in [0.29, 0.717) is 18.7 Å². The summed E-state index contributed by atoms with van der Waals surface area (Å²) >= 11 is 0. The van der Waals surface area contributed by atoms with E-state index in [2.05, 4.69) is 24.3 Å². The van der Waals surface area contributed by atoms with Gasteiger partial charge in [0.2, 0.25) is 0 Å². The van der Waals surface area contributed by atoms with Crippen molar-refractivity contribution in [3.05, 3.63) is 35.9 Å². The number of ether oxygens (including phenoxy) is 1. The minimum atomic E-state index is -0.436. The molecule has 3 atom stereocenters. The Balaban J connectivity index is 2.17. The molecule has 21 heavy (non-hydrogen) atoms. The second-order valence-corrected chi connectivity index (χ2v) is 5.76. The van der Waals surface area contributed by atoms with Crippen LogP contribution in [0.5, 0.6) is 0 Å². The van der Waals surface area contributed by atoms with Gasteiger partial charge in [-0.15, -0.1) is 0 Å². The van der Waals surface area contributed by atoms with Crippen LogP contribution in [0, 0.1) is 0 Å². The fourth-order valence-corrected chi connectivity index (χ4v) is 2.96. The molecular weight excluding hydrogens is 264 g/mol. The molecule has 4 nitrogen and oxygen atoms in total. The lowest BCUT2D eigenvalue weighted by atomic mass is 9.99. The molecule has 1 heterocycles. The fraction of sp³-hybridized carbons (Fsp3) is 0.588. The molecule has 0 spiro atoms. The van der Waals surface area contributed by atoms with Crippen molar-refractivity contribution in [2.24, 2.45) is 0 Å². The van der Waals surface area contributed by atoms with E-state index in [1.54, 1.807) is 0 Å². The summed E-state index contributed by atoms with van der Waals surface area (Å²) in [5.74, 6) is -0.214. The lowest BCUT2D eigenvalue weighted by molar-refractivity contribution is -0.148. The Morgan fingerprint density at radius 2 is 1.90 bits per heavy atom. The van der Waals surface area contributed by atoms with Crippen LogP contribution in [0.2, 0.25) is 0 Å². The van der Waals surface area contributed by atoms with Crippen LogP contribution in [0.1, 0.15) is 51.6 Å². The number of hydrazine groups is 1. The Kier molecular flexibility index (Phi) is 5.76. The molecule has 0 amide bonds. The van der Waals surface area contributed by atoms with E-state index in [9.17, 15) is 4.79 Å². The number of carbonyl (C=O) groups is 1. The predicted octanol–water partition coefficient (Wildman–Crippen LogP) is 3.06. The first-order chi connectivity index (χ1) is 10.1. The summed E-state index contributed by atoms with van der Waals surface area (Å²) in [4.78, 5) is 12.3. The second kappa shape index (κ2) is 7.57. The van der Waals surface area contributed by atoms with Crippen molar-refractivity contribution < 1.29 is 9.53 Å². The number of piperidine rings is 1. The van der Waals surface area contributed by atoms with Gasteiger partial charge in [0, 0.05) is 12.1 Å². The average molecular weight is 290 g/mol. The first-order valence-electron chi connectivity index (χ1n) is 7.89. The molecule has 2 rings (SSSR count). The number of hydrogen-bond acceptors (Lipinski definition) is 4. The van der Waals surface area contributed by atoms with Crippen LogP contribution in [0.25, 0.3) is 0 Å².